The van der Waals surface area contributed by atoms with Crippen LogP contribution < -0.4 is 5.32 Å². The Hall–Kier alpha value is -3.13. The molecule has 0 unspecified atom stereocenters. The average Bonchev–Trinajstić information content (AvgIpc) is 2.79. The molecule has 0 atom stereocenters. The van der Waals surface area contributed by atoms with Gasteiger partial charge in [-0.15, -0.1) is 0 Å². The van der Waals surface area contributed by atoms with E-state index in [9.17, 15) is 4.79 Å². The molecule has 3 rings (SSSR count). The second-order valence-corrected chi connectivity index (χ2v) is 7.21. The topological polar surface area (TPSA) is 29.1 Å². The fourth-order valence-corrected chi connectivity index (χ4v) is 3.67. The van der Waals surface area contributed by atoms with Gasteiger partial charge in [-0.3, -0.25) is 4.79 Å². The number of rotatable bonds is 9. The fraction of sp³-hybridized carbons (Fsp3) is 0.222. The summed E-state index contributed by atoms with van der Waals surface area (Å²) in [6.07, 6.45) is 7.80. The first-order valence-corrected chi connectivity index (χ1v) is 10.4. The number of benzene rings is 3. The number of amides is 1. The van der Waals surface area contributed by atoms with E-state index in [1.807, 2.05) is 60.7 Å². The maximum atomic E-state index is 13.0. The number of carbonyl (C=O) groups is 1. The van der Waals surface area contributed by atoms with Crippen molar-refractivity contribution in [2.75, 3.05) is 0 Å². The molecule has 29 heavy (non-hydrogen) atoms. The van der Waals surface area contributed by atoms with Crippen molar-refractivity contribution in [2.24, 2.45) is 0 Å². The molecule has 0 saturated carbocycles. The van der Waals surface area contributed by atoms with Crippen LogP contribution in [0.1, 0.15) is 49.3 Å². The Morgan fingerprint density at radius 1 is 0.759 bits per heavy atom. The zero-order chi connectivity index (χ0) is 20.4. The van der Waals surface area contributed by atoms with Gasteiger partial charge in [0.1, 0.15) is 5.54 Å². The van der Waals surface area contributed by atoms with Crippen molar-refractivity contribution < 1.29 is 4.79 Å². The Balaban J connectivity index is 2.03. The van der Waals surface area contributed by atoms with E-state index in [0.717, 1.165) is 36.0 Å². The van der Waals surface area contributed by atoms with Crippen LogP contribution in [0.3, 0.4) is 0 Å². The third-order valence-corrected chi connectivity index (χ3v) is 5.14. The van der Waals surface area contributed by atoms with Gasteiger partial charge in [0.25, 0.3) is 0 Å². The number of hydrogen-bond acceptors (Lipinski definition) is 1. The van der Waals surface area contributed by atoms with E-state index < -0.39 is 5.54 Å². The normalized spacial score (nSPS) is 11.5. The molecule has 0 spiro atoms. The summed E-state index contributed by atoms with van der Waals surface area (Å²) in [5.41, 5.74) is 2.39. The Morgan fingerprint density at radius 2 is 1.21 bits per heavy atom. The Labute approximate surface area is 174 Å². The highest BCUT2D eigenvalue weighted by Crippen LogP contribution is 2.36. The summed E-state index contributed by atoms with van der Waals surface area (Å²) < 4.78 is 0. The van der Waals surface area contributed by atoms with Gasteiger partial charge in [0.05, 0.1) is 0 Å². The number of nitrogens with one attached hydrogen (secondary N) is 1. The molecule has 148 valence electrons. The molecule has 0 aromatic heterocycles. The molecule has 3 aromatic rings. The quantitative estimate of drug-likeness (QED) is 0.265. The van der Waals surface area contributed by atoms with E-state index in [2.05, 4.69) is 54.7 Å². The summed E-state index contributed by atoms with van der Waals surface area (Å²) >= 11 is 0. The van der Waals surface area contributed by atoms with Gasteiger partial charge >= 0.3 is 0 Å². The van der Waals surface area contributed by atoms with E-state index in [1.54, 1.807) is 0 Å². The third kappa shape index (κ3) is 5.03. The van der Waals surface area contributed by atoms with Crippen molar-refractivity contribution >= 4 is 5.91 Å². The van der Waals surface area contributed by atoms with E-state index in [4.69, 9.17) is 0 Å². The summed E-state index contributed by atoms with van der Waals surface area (Å²) in [7, 11) is 0. The molecule has 2 heteroatoms. The fourth-order valence-electron chi connectivity index (χ4n) is 3.67. The molecule has 0 saturated heterocycles. The van der Waals surface area contributed by atoms with Crippen LogP contribution in [0, 0.1) is 0 Å². The minimum Gasteiger partial charge on any atom is -0.338 e. The molecule has 0 radical (unpaired) electrons. The second-order valence-electron chi connectivity index (χ2n) is 7.21. The Morgan fingerprint density at radius 3 is 1.62 bits per heavy atom. The van der Waals surface area contributed by atoms with Crippen molar-refractivity contribution in [2.45, 2.75) is 38.1 Å². The van der Waals surface area contributed by atoms with Crippen LogP contribution in [0.5, 0.6) is 0 Å². The van der Waals surface area contributed by atoms with Gasteiger partial charge in [-0.05, 0) is 23.1 Å². The first-order chi connectivity index (χ1) is 14.3. The largest absolute Gasteiger partial charge is 0.338 e. The lowest BCUT2D eigenvalue weighted by Crippen LogP contribution is -2.47. The summed E-state index contributed by atoms with van der Waals surface area (Å²) in [5.74, 6) is 0.00862. The number of carbonyl (C=O) groups excluding carboxylic acids is 1. The molecular formula is C27H29NO. The molecule has 0 bridgehead atoms. The van der Waals surface area contributed by atoms with E-state index in [0.29, 0.717) is 6.42 Å². The lowest BCUT2D eigenvalue weighted by Gasteiger charge is -2.36. The van der Waals surface area contributed by atoms with Crippen LogP contribution in [0.15, 0.2) is 103 Å². The molecule has 0 aliphatic rings. The van der Waals surface area contributed by atoms with Crippen LogP contribution in [0.25, 0.3) is 0 Å². The summed E-state index contributed by atoms with van der Waals surface area (Å²) in [6, 6.07) is 30.6. The van der Waals surface area contributed by atoms with Crippen LogP contribution in [-0.2, 0) is 10.3 Å². The predicted molar refractivity (Wildman–Crippen MR) is 121 cm³/mol. The van der Waals surface area contributed by atoms with Crippen LogP contribution in [0.4, 0.5) is 0 Å². The van der Waals surface area contributed by atoms with Crippen molar-refractivity contribution in [1.29, 1.82) is 0 Å². The monoisotopic (exact) mass is 383 g/mol. The van der Waals surface area contributed by atoms with Gasteiger partial charge in [-0.25, -0.2) is 0 Å². The molecular weight excluding hydrogens is 354 g/mol. The van der Waals surface area contributed by atoms with Gasteiger partial charge in [0.2, 0.25) is 5.91 Å². The van der Waals surface area contributed by atoms with Crippen molar-refractivity contribution in [3.63, 3.8) is 0 Å². The summed E-state index contributed by atoms with van der Waals surface area (Å²) in [5, 5.41) is 3.38. The maximum Gasteiger partial charge on any atom is 0.225 e. The minimum absolute atomic E-state index is 0.00862. The highest BCUT2D eigenvalue weighted by atomic mass is 16.1. The van der Waals surface area contributed by atoms with Crippen LogP contribution >= 0.6 is 0 Å². The molecule has 0 fully saturated rings. The van der Waals surface area contributed by atoms with Gasteiger partial charge in [0, 0.05) is 6.42 Å². The standard InChI is InChI=1S/C27H29NO/c1-2-3-4-5-15-22-26(29)28-27(23-16-9-6-10-17-23,24-18-11-7-12-19-24)25-20-13-8-14-21-25/h5-21H,2-4,22H2,1H3,(H,28,29)/b15-5+. The summed E-state index contributed by atoms with van der Waals surface area (Å²) in [6.45, 7) is 2.18. The van der Waals surface area contributed by atoms with E-state index >= 15 is 0 Å². The van der Waals surface area contributed by atoms with Gasteiger partial charge in [-0.1, -0.05) is 123 Å². The van der Waals surface area contributed by atoms with E-state index in [-0.39, 0.29) is 5.91 Å². The smallest absolute Gasteiger partial charge is 0.225 e. The second kappa shape index (κ2) is 10.4. The molecule has 0 aliphatic carbocycles. The van der Waals surface area contributed by atoms with Crippen molar-refractivity contribution in [1.82, 2.24) is 5.32 Å². The molecule has 2 nitrogen and oxygen atoms in total. The highest BCUT2D eigenvalue weighted by molar-refractivity contribution is 5.80. The predicted octanol–water partition coefficient (Wildman–Crippen LogP) is 6.23. The lowest BCUT2D eigenvalue weighted by atomic mass is 9.77. The van der Waals surface area contributed by atoms with Crippen LogP contribution in [-0.4, -0.2) is 5.91 Å². The summed E-state index contributed by atoms with van der Waals surface area (Å²) in [4.78, 5) is 13.0. The minimum atomic E-state index is -0.738. The molecule has 1 amide bonds. The molecule has 1 N–H and O–H groups in total. The average molecular weight is 384 g/mol. The molecule has 0 heterocycles. The zero-order valence-electron chi connectivity index (χ0n) is 17.1. The third-order valence-electron chi connectivity index (χ3n) is 5.14. The van der Waals surface area contributed by atoms with Crippen molar-refractivity contribution in [3.8, 4) is 0 Å². The first-order valence-electron chi connectivity index (χ1n) is 10.4. The highest BCUT2D eigenvalue weighted by Gasteiger charge is 2.37. The van der Waals surface area contributed by atoms with Crippen molar-refractivity contribution in [3.05, 3.63) is 120 Å². The van der Waals surface area contributed by atoms with Gasteiger partial charge in [-0.2, -0.15) is 0 Å². The molecule has 0 aliphatic heterocycles. The number of unbranched alkanes of at least 4 members (excludes halogenated alkanes) is 2. The maximum absolute atomic E-state index is 13.0. The van der Waals surface area contributed by atoms with Gasteiger partial charge < -0.3 is 5.32 Å². The van der Waals surface area contributed by atoms with Gasteiger partial charge in [0.15, 0.2) is 0 Å². The van der Waals surface area contributed by atoms with E-state index in [1.165, 1.54) is 0 Å². The Bertz CT molecular complexity index is 804. The number of hydrogen-bond donors (Lipinski definition) is 1. The Kier molecular flexibility index (Phi) is 7.40. The molecule has 3 aromatic carbocycles. The lowest BCUT2D eigenvalue weighted by molar-refractivity contribution is -0.121. The SMILES string of the molecule is CCCC/C=C/CC(=O)NC(c1ccccc1)(c1ccccc1)c1ccccc1. The van der Waals surface area contributed by atoms with Crippen LogP contribution in [0.2, 0.25) is 0 Å². The zero-order valence-corrected chi connectivity index (χ0v) is 17.1. The first kappa shape index (κ1) is 20.6. The number of allylic oxidation sites excluding steroid dienone is 1.